The molecule has 0 aliphatic carbocycles. The summed E-state index contributed by atoms with van der Waals surface area (Å²) in [5.74, 6) is 0. The molecule has 0 amide bonds. The second-order valence-electron chi connectivity index (χ2n) is 7.58. The Kier molecular flexibility index (Phi) is 10.5. The van der Waals surface area contributed by atoms with E-state index in [0.29, 0.717) is 6.42 Å². The van der Waals surface area contributed by atoms with Crippen LogP contribution in [0.15, 0.2) is 12.2 Å². The van der Waals surface area contributed by atoms with Crippen molar-refractivity contribution in [3.05, 3.63) is 12.2 Å². The summed E-state index contributed by atoms with van der Waals surface area (Å²) in [6, 6.07) is 0. The van der Waals surface area contributed by atoms with Crippen molar-refractivity contribution in [3.8, 4) is 0 Å². The highest BCUT2D eigenvalue weighted by molar-refractivity contribution is 7.45. The third kappa shape index (κ3) is 24.0. The van der Waals surface area contributed by atoms with Gasteiger partial charge in [-0.1, -0.05) is 76.9 Å². The Balaban J connectivity index is 4.10. The number of nitrogens with zero attached hydrogens (tertiary/aromatic N) is 1. The summed E-state index contributed by atoms with van der Waals surface area (Å²) in [7, 11) is -4.84. The Morgan fingerprint density at radius 1 is 0.793 bits per heavy atom. The molecule has 0 bridgehead atoms. The largest absolute Gasteiger partial charge is 0.756 e. The molecule has 6 heteroatoms. The molecule has 5 nitrogen and oxygen atoms in total. The monoisotopic (exact) mass is 442 g/mol. The van der Waals surface area contributed by atoms with Gasteiger partial charge in [-0.25, -0.2) is 0 Å². The smallest absolute Gasteiger partial charge is 0.268 e. The first-order chi connectivity index (χ1) is 17.5. The zero-order valence-electron chi connectivity index (χ0n) is 27.2. The van der Waals surface area contributed by atoms with Crippen molar-refractivity contribution in [2.24, 2.45) is 0 Å². The van der Waals surface area contributed by atoms with Gasteiger partial charge in [0.2, 0.25) is 0 Å². The van der Waals surface area contributed by atoms with E-state index in [4.69, 9.17) is 16.9 Å². The van der Waals surface area contributed by atoms with Crippen LogP contribution in [0.3, 0.4) is 0 Å². The lowest BCUT2D eigenvalue weighted by Crippen LogP contribution is -2.37. The van der Waals surface area contributed by atoms with Crippen LogP contribution < -0.4 is 4.89 Å². The van der Waals surface area contributed by atoms with E-state index in [2.05, 4.69) is 23.6 Å². The molecule has 0 heterocycles. The van der Waals surface area contributed by atoms with E-state index in [1.54, 1.807) is 0 Å². The van der Waals surface area contributed by atoms with Crippen LogP contribution in [0, 0.1) is 0 Å². The van der Waals surface area contributed by atoms with Crippen molar-refractivity contribution in [1.29, 1.82) is 0 Å². The minimum Gasteiger partial charge on any atom is -0.756 e. The van der Waals surface area contributed by atoms with Gasteiger partial charge in [0.05, 0.1) is 39.9 Å². The van der Waals surface area contributed by atoms with Gasteiger partial charge in [0, 0.05) is 0 Å². The lowest BCUT2D eigenvalue weighted by Gasteiger charge is -2.27. The van der Waals surface area contributed by atoms with E-state index in [1.807, 2.05) is 0 Å². The molecule has 1 atom stereocenters. The van der Waals surface area contributed by atoms with Crippen LogP contribution in [0.5, 0.6) is 0 Å². The molecule has 174 valence electrons. The Morgan fingerprint density at radius 2 is 1.28 bits per heavy atom. The second-order valence-corrected chi connectivity index (χ2v) is 9.00. The first-order valence-corrected chi connectivity index (χ1v) is 12.6. The molecule has 0 aromatic carbocycles. The van der Waals surface area contributed by atoms with Crippen LogP contribution in [0.1, 0.15) is 109 Å². The molecule has 0 N–H and O–H groups in total. The maximum atomic E-state index is 12.0. The van der Waals surface area contributed by atoms with Gasteiger partial charge < -0.3 is 18.4 Å². The van der Waals surface area contributed by atoms with Crippen molar-refractivity contribution in [2.75, 3.05) is 40.7 Å². The number of phosphoric ester groups is 1. The standard InChI is InChI=1S/C23H48NO4P/c1-5-6-7-8-9-10-11-12-13-14-15-16-17-18-19-20-22-27-29(25,26)28-23-21-24(2,3)4/h12-13H,5-11,14-23H2,1-4H3/b13-12-/i2D3,3D3,4D3. The van der Waals surface area contributed by atoms with Crippen LogP contribution in [-0.2, 0) is 13.6 Å². The number of rotatable bonds is 21. The van der Waals surface area contributed by atoms with Gasteiger partial charge in [-0.3, -0.25) is 4.57 Å². The third-order valence-electron chi connectivity index (χ3n) is 4.58. The molecule has 29 heavy (non-hydrogen) atoms. The number of quaternary nitrogens is 1. The zero-order chi connectivity index (χ0) is 29.3. The maximum absolute atomic E-state index is 12.0. The quantitative estimate of drug-likeness (QED) is 0.0914. The first-order valence-electron chi connectivity index (χ1n) is 15.7. The molecule has 0 aliphatic heterocycles. The summed E-state index contributed by atoms with van der Waals surface area (Å²) in [4.78, 5) is 12.0. The van der Waals surface area contributed by atoms with E-state index < -0.39 is 46.4 Å². The fourth-order valence-corrected chi connectivity index (χ4v) is 3.59. The van der Waals surface area contributed by atoms with E-state index in [1.165, 1.54) is 38.5 Å². The maximum Gasteiger partial charge on any atom is 0.268 e. The molecule has 0 fully saturated rings. The van der Waals surface area contributed by atoms with E-state index in [-0.39, 0.29) is 6.61 Å². The number of hydrogen-bond donors (Lipinski definition) is 0. The SMILES string of the molecule is [2H]C([2H])([2H])[N+](CCOP(=O)([O-])OCCCCCCCC/C=C\CCCCCCCC)(C([2H])([2H])[2H])C([2H])([2H])[2H]. The van der Waals surface area contributed by atoms with Crippen LogP contribution in [0.2, 0.25) is 0 Å². The number of allylic oxidation sites excluding steroid dienone is 2. The van der Waals surface area contributed by atoms with Crippen LogP contribution in [0.4, 0.5) is 0 Å². The molecule has 0 radical (unpaired) electrons. The predicted octanol–water partition coefficient (Wildman–Crippen LogP) is 6.23. The Hall–Kier alpha value is -0.190. The summed E-state index contributed by atoms with van der Waals surface area (Å²) < 4.78 is 86.7. The third-order valence-corrected chi connectivity index (χ3v) is 5.58. The van der Waals surface area contributed by atoms with Crippen molar-refractivity contribution in [1.82, 2.24) is 0 Å². The number of likely N-dealkylation sites (N-methyl/N-ethyl adjacent to an activating group) is 1. The highest BCUT2D eigenvalue weighted by Crippen LogP contribution is 2.38. The lowest BCUT2D eigenvalue weighted by atomic mass is 10.1. The van der Waals surface area contributed by atoms with Gasteiger partial charge in [-0.2, -0.15) is 0 Å². The van der Waals surface area contributed by atoms with Gasteiger partial charge in [-0.15, -0.1) is 0 Å². The fourth-order valence-electron chi connectivity index (χ4n) is 2.85. The second kappa shape index (κ2) is 18.6. The summed E-state index contributed by atoms with van der Waals surface area (Å²) in [5, 5.41) is 0. The van der Waals surface area contributed by atoms with Crippen LogP contribution >= 0.6 is 7.82 Å². The Bertz CT molecular complexity index is 662. The number of unbranched alkanes of at least 4 members (excludes halogenated alkanes) is 12. The molecular formula is C23H48NO4P. The average molecular weight is 443 g/mol. The average Bonchev–Trinajstić information content (AvgIpc) is 2.76. The van der Waals surface area contributed by atoms with Gasteiger partial charge in [0.25, 0.3) is 7.82 Å². The van der Waals surface area contributed by atoms with Crippen LogP contribution in [-0.4, -0.2) is 45.2 Å². The minimum absolute atomic E-state index is 0.125. The summed E-state index contributed by atoms with van der Waals surface area (Å²) in [6.07, 6.45) is 20.0. The Morgan fingerprint density at radius 3 is 1.83 bits per heavy atom. The highest BCUT2D eigenvalue weighted by atomic mass is 31.2. The number of hydrogen-bond acceptors (Lipinski definition) is 4. The predicted molar refractivity (Wildman–Crippen MR) is 122 cm³/mol. The molecule has 0 aromatic heterocycles. The highest BCUT2D eigenvalue weighted by Gasteiger charge is 2.12. The van der Waals surface area contributed by atoms with Crippen molar-refractivity contribution >= 4 is 7.82 Å². The van der Waals surface area contributed by atoms with Crippen molar-refractivity contribution < 1.29 is 35.3 Å². The van der Waals surface area contributed by atoms with Gasteiger partial charge >= 0.3 is 0 Å². The Labute approximate surface area is 193 Å². The zero-order valence-corrected chi connectivity index (χ0v) is 19.1. The van der Waals surface area contributed by atoms with Crippen molar-refractivity contribution in [2.45, 2.75) is 96.8 Å². The van der Waals surface area contributed by atoms with Crippen molar-refractivity contribution in [3.63, 3.8) is 0 Å². The fraction of sp³-hybridized carbons (Fsp3) is 0.913. The number of phosphoric acid groups is 1. The summed E-state index contributed by atoms with van der Waals surface area (Å²) >= 11 is 0. The molecule has 0 saturated carbocycles. The minimum atomic E-state index is -4.84. The first kappa shape index (κ1) is 16.4. The molecule has 0 saturated heterocycles. The van der Waals surface area contributed by atoms with Gasteiger partial charge in [0.1, 0.15) is 13.2 Å². The molecule has 1 unspecified atom stereocenters. The summed E-state index contributed by atoms with van der Waals surface area (Å²) in [5.41, 5.74) is 0. The molecule has 0 spiro atoms. The normalized spacial score (nSPS) is 20.4. The summed E-state index contributed by atoms with van der Waals surface area (Å²) in [6.45, 7) is -10.3. The van der Waals surface area contributed by atoms with E-state index in [9.17, 15) is 9.46 Å². The molecular weight excluding hydrogens is 385 g/mol. The van der Waals surface area contributed by atoms with Gasteiger partial charge in [-0.05, 0) is 32.1 Å². The topological polar surface area (TPSA) is 58.6 Å². The van der Waals surface area contributed by atoms with E-state index >= 15 is 0 Å². The molecule has 0 aliphatic rings. The van der Waals surface area contributed by atoms with Gasteiger partial charge in [0.15, 0.2) is 0 Å². The molecule has 0 rings (SSSR count). The lowest BCUT2D eigenvalue weighted by molar-refractivity contribution is -0.870. The van der Waals surface area contributed by atoms with Crippen LogP contribution in [0.25, 0.3) is 0 Å². The molecule has 0 aromatic rings. The van der Waals surface area contributed by atoms with E-state index in [0.717, 1.165) is 44.9 Å².